The molecule has 0 atom stereocenters. The lowest BCUT2D eigenvalue weighted by Crippen LogP contribution is -2.30. The van der Waals surface area contributed by atoms with Crippen LogP contribution in [-0.2, 0) is 7.05 Å². The molecule has 1 aliphatic heterocycles. The Morgan fingerprint density at radius 3 is 2.70 bits per heavy atom. The van der Waals surface area contributed by atoms with E-state index in [1.807, 2.05) is 35.3 Å². The standard InChI is InChI=1S/C16H21N7/c1-12-10-13(20-21(12)2)18-16-11-15(22-8-4-3-5-9-22)19-14-6-7-17-23(14)16/h6-7,10-11H,3-5,8-9H2,1-2H3,(H,18,20). The number of rotatable bonds is 3. The fourth-order valence-corrected chi connectivity index (χ4v) is 3.03. The Hall–Kier alpha value is -2.57. The van der Waals surface area contributed by atoms with Gasteiger partial charge in [-0.2, -0.15) is 14.7 Å². The van der Waals surface area contributed by atoms with E-state index in [1.165, 1.54) is 19.3 Å². The van der Waals surface area contributed by atoms with Gasteiger partial charge >= 0.3 is 0 Å². The average molecular weight is 311 g/mol. The number of piperidine rings is 1. The number of hydrogen-bond donors (Lipinski definition) is 1. The predicted octanol–water partition coefficient (Wildman–Crippen LogP) is 2.51. The molecule has 4 rings (SSSR count). The molecule has 23 heavy (non-hydrogen) atoms. The lowest BCUT2D eigenvalue weighted by atomic mass is 10.1. The van der Waals surface area contributed by atoms with Gasteiger partial charge in [0.15, 0.2) is 11.5 Å². The SMILES string of the molecule is Cc1cc(Nc2cc(N3CCCCC3)nc3ccnn23)nn1C. The molecule has 4 heterocycles. The molecule has 1 N–H and O–H groups in total. The molecule has 0 aromatic carbocycles. The van der Waals surface area contributed by atoms with Crippen molar-refractivity contribution >= 4 is 23.1 Å². The van der Waals surface area contributed by atoms with E-state index in [-0.39, 0.29) is 0 Å². The Labute approximate surface area is 134 Å². The zero-order valence-electron chi connectivity index (χ0n) is 13.5. The number of nitrogens with zero attached hydrogens (tertiary/aromatic N) is 6. The second-order valence-electron chi connectivity index (χ2n) is 6.07. The Morgan fingerprint density at radius 2 is 1.96 bits per heavy atom. The first kappa shape index (κ1) is 14.0. The molecule has 120 valence electrons. The van der Waals surface area contributed by atoms with E-state index < -0.39 is 0 Å². The topological polar surface area (TPSA) is 63.3 Å². The van der Waals surface area contributed by atoms with Gasteiger partial charge in [-0.25, -0.2) is 4.98 Å². The largest absolute Gasteiger partial charge is 0.356 e. The molecule has 0 aliphatic carbocycles. The van der Waals surface area contributed by atoms with Gasteiger partial charge in [0, 0.05) is 44.0 Å². The summed E-state index contributed by atoms with van der Waals surface area (Å²) in [6.07, 6.45) is 5.55. The maximum absolute atomic E-state index is 4.74. The first-order chi connectivity index (χ1) is 11.2. The zero-order valence-corrected chi connectivity index (χ0v) is 13.5. The molecule has 3 aromatic heterocycles. The highest BCUT2D eigenvalue weighted by Gasteiger charge is 2.15. The molecular weight excluding hydrogens is 290 g/mol. The van der Waals surface area contributed by atoms with Crippen LogP contribution in [0.15, 0.2) is 24.4 Å². The van der Waals surface area contributed by atoms with Crippen LogP contribution in [0.3, 0.4) is 0 Å². The van der Waals surface area contributed by atoms with Gasteiger partial charge < -0.3 is 10.2 Å². The first-order valence-electron chi connectivity index (χ1n) is 8.08. The minimum Gasteiger partial charge on any atom is -0.356 e. The third-order valence-corrected chi connectivity index (χ3v) is 4.40. The van der Waals surface area contributed by atoms with Crippen LogP contribution in [0, 0.1) is 6.92 Å². The minimum absolute atomic E-state index is 0.817. The first-order valence-corrected chi connectivity index (χ1v) is 8.08. The highest BCUT2D eigenvalue weighted by atomic mass is 15.4. The second-order valence-corrected chi connectivity index (χ2v) is 6.07. The van der Waals surface area contributed by atoms with E-state index >= 15 is 0 Å². The van der Waals surface area contributed by atoms with E-state index in [2.05, 4.69) is 26.5 Å². The van der Waals surface area contributed by atoms with E-state index in [0.29, 0.717) is 0 Å². The van der Waals surface area contributed by atoms with Crippen molar-refractivity contribution in [3.05, 3.63) is 30.1 Å². The van der Waals surface area contributed by atoms with Crippen molar-refractivity contribution in [3.63, 3.8) is 0 Å². The smallest absolute Gasteiger partial charge is 0.159 e. The minimum atomic E-state index is 0.817. The van der Waals surface area contributed by atoms with Crippen molar-refractivity contribution in [2.45, 2.75) is 26.2 Å². The molecule has 0 bridgehead atoms. The number of aryl methyl sites for hydroxylation is 2. The van der Waals surface area contributed by atoms with Gasteiger partial charge in [0.2, 0.25) is 0 Å². The average Bonchev–Trinajstić information content (AvgIpc) is 3.15. The summed E-state index contributed by atoms with van der Waals surface area (Å²) >= 11 is 0. The number of fused-ring (bicyclic) bond motifs is 1. The van der Waals surface area contributed by atoms with Crippen LogP contribution < -0.4 is 10.2 Å². The van der Waals surface area contributed by atoms with E-state index in [0.717, 1.165) is 41.9 Å². The van der Waals surface area contributed by atoms with Crippen LogP contribution in [-0.4, -0.2) is 37.5 Å². The number of anilines is 3. The van der Waals surface area contributed by atoms with Gasteiger partial charge in [-0.15, -0.1) is 0 Å². The molecule has 0 saturated carbocycles. The summed E-state index contributed by atoms with van der Waals surface area (Å²) < 4.78 is 3.67. The normalized spacial score (nSPS) is 15.3. The lowest BCUT2D eigenvalue weighted by Gasteiger charge is -2.28. The quantitative estimate of drug-likeness (QED) is 0.805. The van der Waals surface area contributed by atoms with E-state index in [9.17, 15) is 0 Å². The molecule has 7 heteroatoms. The Kier molecular flexibility index (Phi) is 3.40. The molecule has 0 unspecified atom stereocenters. The van der Waals surface area contributed by atoms with Crippen molar-refractivity contribution in [2.75, 3.05) is 23.3 Å². The highest BCUT2D eigenvalue weighted by Crippen LogP contribution is 2.24. The number of hydrogen-bond acceptors (Lipinski definition) is 5. The number of nitrogens with one attached hydrogen (secondary N) is 1. The fourth-order valence-electron chi connectivity index (χ4n) is 3.03. The molecule has 7 nitrogen and oxygen atoms in total. The summed E-state index contributed by atoms with van der Waals surface area (Å²) in [5.41, 5.74) is 1.96. The monoisotopic (exact) mass is 311 g/mol. The second kappa shape index (κ2) is 5.57. The summed E-state index contributed by atoms with van der Waals surface area (Å²) in [6, 6.07) is 6.02. The lowest BCUT2D eigenvalue weighted by molar-refractivity contribution is 0.573. The van der Waals surface area contributed by atoms with Crippen molar-refractivity contribution in [1.29, 1.82) is 0 Å². The van der Waals surface area contributed by atoms with Gasteiger partial charge in [-0.3, -0.25) is 4.68 Å². The third-order valence-electron chi connectivity index (χ3n) is 4.40. The van der Waals surface area contributed by atoms with E-state index in [4.69, 9.17) is 4.98 Å². The molecular formula is C16H21N7. The van der Waals surface area contributed by atoms with Crippen LogP contribution in [0.25, 0.3) is 5.65 Å². The zero-order chi connectivity index (χ0) is 15.8. The molecule has 0 spiro atoms. The van der Waals surface area contributed by atoms with Crippen LogP contribution in [0.2, 0.25) is 0 Å². The van der Waals surface area contributed by atoms with Crippen molar-refractivity contribution < 1.29 is 0 Å². The predicted molar refractivity (Wildman–Crippen MR) is 90.3 cm³/mol. The van der Waals surface area contributed by atoms with Crippen LogP contribution in [0.5, 0.6) is 0 Å². The molecule has 0 amide bonds. The summed E-state index contributed by atoms with van der Waals surface area (Å²) in [5, 5.41) is 12.2. The fraction of sp³-hybridized carbons (Fsp3) is 0.438. The maximum atomic E-state index is 4.74. The van der Waals surface area contributed by atoms with Gasteiger partial charge in [0.05, 0.1) is 6.20 Å². The Morgan fingerprint density at radius 1 is 1.13 bits per heavy atom. The highest BCUT2D eigenvalue weighted by molar-refractivity contribution is 5.62. The van der Waals surface area contributed by atoms with Crippen molar-refractivity contribution in [1.82, 2.24) is 24.4 Å². The molecule has 1 saturated heterocycles. The van der Waals surface area contributed by atoms with Crippen LogP contribution in [0.4, 0.5) is 17.5 Å². The van der Waals surface area contributed by atoms with Crippen LogP contribution >= 0.6 is 0 Å². The third kappa shape index (κ3) is 2.62. The summed E-state index contributed by atoms with van der Waals surface area (Å²) in [7, 11) is 1.94. The van der Waals surface area contributed by atoms with Gasteiger partial charge in [-0.05, 0) is 26.2 Å². The molecule has 1 fully saturated rings. The van der Waals surface area contributed by atoms with Crippen molar-refractivity contribution in [3.8, 4) is 0 Å². The maximum Gasteiger partial charge on any atom is 0.159 e. The summed E-state index contributed by atoms with van der Waals surface area (Å²) in [5.74, 6) is 2.71. The van der Waals surface area contributed by atoms with Gasteiger partial charge in [-0.1, -0.05) is 0 Å². The Bertz CT molecular complexity index is 807. The van der Waals surface area contributed by atoms with E-state index in [1.54, 1.807) is 6.20 Å². The van der Waals surface area contributed by atoms with Crippen LogP contribution in [0.1, 0.15) is 25.0 Å². The Balaban J connectivity index is 1.73. The molecule has 3 aromatic rings. The van der Waals surface area contributed by atoms with Gasteiger partial charge in [0.25, 0.3) is 0 Å². The number of aromatic nitrogens is 5. The van der Waals surface area contributed by atoms with Crippen molar-refractivity contribution in [2.24, 2.45) is 7.05 Å². The summed E-state index contributed by atoms with van der Waals surface area (Å²) in [4.78, 5) is 7.10. The van der Waals surface area contributed by atoms with Gasteiger partial charge in [0.1, 0.15) is 11.6 Å². The molecule has 1 aliphatic rings. The summed E-state index contributed by atoms with van der Waals surface area (Å²) in [6.45, 7) is 4.17. The molecule has 0 radical (unpaired) electrons.